The summed E-state index contributed by atoms with van der Waals surface area (Å²) in [5.74, 6) is -2.56. The van der Waals surface area contributed by atoms with E-state index >= 15 is 0 Å². The van der Waals surface area contributed by atoms with Crippen molar-refractivity contribution in [3.63, 3.8) is 0 Å². The highest BCUT2D eigenvalue weighted by molar-refractivity contribution is 6.25. The summed E-state index contributed by atoms with van der Waals surface area (Å²) < 4.78 is 32.5. The van der Waals surface area contributed by atoms with Crippen molar-refractivity contribution in [3.05, 3.63) is 65.2 Å². The van der Waals surface area contributed by atoms with Crippen LogP contribution in [0.3, 0.4) is 0 Å². The number of rotatable bonds is 21. The maximum absolute atomic E-state index is 13.1. The molecule has 1 fully saturated rings. The molecule has 46 heavy (non-hydrogen) atoms. The Morgan fingerprint density at radius 1 is 0.717 bits per heavy atom. The number of fused-ring (bicyclic) bond motifs is 1. The van der Waals surface area contributed by atoms with Crippen LogP contribution in [0.4, 0.5) is 5.69 Å². The molecule has 0 aliphatic carbocycles. The summed E-state index contributed by atoms with van der Waals surface area (Å²) in [5, 5.41) is 5.31. The molecule has 2 aliphatic rings. The predicted octanol–water partition coefficient (Wildman–Crippen LogP) is 1.44. The highest BCUT2D eigenvalue weighted by atomic mass is 16.6. The second-order valence-electron chi connectivity index (χ2n) is 10.2. The van der Waals surface area contributed by atoms with Gasteiger partial charge in [-0.05, 0) is 30.7 Å². The first-order chi connectivity index (χ1) is 22.5. The predicted molar refractivity (Wildman–Crippen MR) is 162 cm³/mol. The minimum Gasteiger partial charge on any atom is -0.460 e. The monoisotopic (exact) mass is 641 g/mol. The first kappa shape index (κ1) is 34.7. The lowest BCUT2D eigenvalue weighted by atomic mass is 10.0. The number of nitrogens with zero attached hydrogens (tertiary/aromatic N) is 1. The minimum atomic E-state index is -1.01. The van der Waals surface area contributed by atoms with Gasteiger partial charge in [-0.3, -0.25) is 29.4 Å². The highest BCUT2D eigenvalue weighted by Crippen LogP contribution is 2.32. The largest absolute Gasteiger partial charge is 0.460 e. The molecule has 0 bridgehead atoms. The van der Waals surface area contributed by atoms with Gasteiger partial charge >= 0.3 is 5.97 Å². The van der Waals surface area contributed by atoms with Gasteiger partial charge in [0.05, 0.1) is 82.8 Å². The quantitative estimate of drug-likeness (QED) is 0.115. The summed E-state index contributed by atoms with van der Waals surface area (Å²) in [4.78, 5) is 62.5. The SMILES string of the molecule is O=C1CCC(N2C(=O)c3cccc(NCCOCCOCCOCCOCCOCCOC(=O)c4ccccc4)c3C2=O)C(=O)N1. The molecule has 2 aromatic carbocycles. The Kier molecular flexibility index (Phi) is 14.1. The van der Waals surface area contributed by atoms with E-state index in [4.69, 9.17) is 28.4 Å². The molecule has 2 N–H and O–H groups in total. The van der Waals surface area contributed by atoms with Crippen LogP contribution in [0.15, 0.2) is 48.5 Å². The van der Waals surface area contributed by atoms with Crippen molar-refractivity contribution in [2.24, 2.45) is 0 Å². The van der Waals surface area contributed by atoms with E-state index in [2.05, 4.69) is 10.6 Å². The van der Waals surface area contributed by atoms with Crippen molar-refractivity contribution < 1.29 is 52.4 Å². The molecule has 2 aliphatic heterocycles. The molecular weight excluding hydrogens is 602 g/mol. The Bertz CT molecular complexity index is 1340. The lowest BCUT2D eigenvalue weighted by Gasteiger charge is -2.27. The van der Waals surface area contributed by atoms with Gasteiger partial charge in [0, 0.05) is 18.7 Å². The summed E-state index contributed by atoms with van der Waals surface area (Å²) in [6, 6.07) is 12.7. The van der Waals surface area contributed by atoms with Gasteiger partial charge in [-0.2, -0.15) is 0 Å². The molecular formula is C32H39N3O11. The molecule has 14 nitrogen and oxygen atoms in total. The van der Waals surface area contributed by atoms with Crippen LogP contribution in [0, 0.1) is 0 Å². The number of piperidine rings is 1. The maximum atomic E-state index is 13.1. The summed E-state index contributed by atoms with van der Waals surface area (Å²) >= 11 is 0. The van der Waals surface area contributed by atoms with Crippen LogP contribution in [0.1, 0.15) is 43.9 Å². The van der Waals surface area contributed by atoms with E-state index in [0.717, 1.165) is 4.90 Å². The van der Waals surface area contributed by atoms with Crippen molar-refractivity contribution in [3.8, 4) is 0 Å². The Labute approximate surface area is 266 Å². The number of hydrogen-bond donors (Lipinski definition) is 2. The van der Waals surface area contributed by atoms with Crippen LogP contribution in [0.5, 0.6) is 0 Å². The van der Waals surface area contributed by atoms with Gasteiger partial charge in [0.2, 0.25) is 11.8 Å². The molecule has 1 saturated heterocycles. The number of hydrogen-bond acceptors (Lipinski definition) is 12. The van der Waals surface area contributed by atoms with Gasteiger partial charge in [0.15, 0.2) is 0 Å². The van der Waals surface area contributed by atoms with Gasteiger partial charge in [0.1, 0.15) is 12.6 Å². The van der Waals surface area contributed by atoms with E-state index in [1.54, 1.807) is 42.5 Å². The standard InChI is InChI=1S/C32H39N3O11/c36-27-10-9-26(29(37)34-27)35-30(38)24-7-4-8-25(28(24)31(35)39)33-11-12-41-13-14-42-15-16-43-17-18-44-19-20-45-21-22-46-32(40)23-5-2-1-3-6-23/h1-8,26,33H,9-22H2,(H,34,36,37). The van der Waals surface area contributed by atoms with Gasteiger partial charge in [-0.1, -0.05) is 24.3 Å². The Morgan fingerprint density at radius 2 is 1.30 bits per heavy atom. The molecule has 0 saturated carbocycles. The van der Waals surface area contributed by atoms with Crippen LogP contribution < -0.4 is 10.6 Å². The highest BCUT2D eigenvalue weighted by Gasteiger charge is 2.45. The van der Waals surface area contributed by atoms with E-state index in [1.165, 1.54) is 0 Å². The third kappa shape index (κ3) is 10.2. The fraction of sp³-hybridized carbons (Fsp3) is 0.469. The Hall–Kier alpha value is -4.21. The van der Waals surface area contributed by atoms with E-state index < -0.39 is 29.7 Å². The molecule has 2 heterocycles. The number of ether oxygens (including phenoxy) is 6. The van der Waals surface area contributed by atoms with Crippen molar-refractivity contribution in [1.29, 1.82) is 0 Å². The minimum absolute atomic E-state index is 0.0643. The molecule has 0 spiro atoms. The average Bonchev–Trinajstić information content (AvgIpc) is 3.32. The second kappa shape index (κ2) is 18.7. The van der Waals surface area contributed by atoms with Gasteiger partial charge < -0.3 is 33.7 Å². The molecule has 14 heteroatoms. The van der Waals surface area contributed by atoms with Crippen LogP contribution in [0.25, 0.3) is 0 Å². The lowest BCUT2D eigenvalue weighted by molar-refractivity contribution is -0.136. The fourth-order valence-corrected chi connectivity index (χ4v) is 4.75. The maximum Gasteiger partial charge on any atom is 0.338 e. The van der Waals surface area contributed by atoms with Gasteiger partial charge in [-0.25, -0.2) is 4.79 Å². The molecule has 0 radical (unpaired) electrons. The Balaban J connectivity index is 0.955. The number of carbonyl (C=O) groups excluding carboxylic acids is 5. The molecule has 1 atom stereocenters. The molecule has 0 aromatic heterocycles. The average molecular weight is 642 g/mol. The van der Waals surface area contributed by atoms with E-state index in [0.29, 0.717) is 83.9 Å². The first-order valence-electron chi connectivity index (χ1n) is 15.2. The second-order valence-corrected chi connectivity index (χ2v) is 10.2. The molecule has 4 amide bonds. The van der Waals surface area contributed by atoms with Crippen LogP contribution in [-0.2, 0) is 38.0 Å². The third-order valence-corrected chi connectivity index (χ3v) is 6.99. The van der Waals surface area contributed by atoms with Crippen molar-refractivity contribution in [2.45, 2.75) is 18.9 Å². The summed E-state index contributed by atoms with van der Waals surface area (Å²) in [7, 11) is 0. The number of carbonyl (C=O) groups is 5. The number of nitrogens with one attached hydrogen (secondary N) is 2. The molecule has 248 valence electrons. The first-order valence-corrected chi connectivity index (χ1v) is 15.2. The van der Waals surface area contributed by atoms with E-state index in [-0.39, 0.29) is 36.5 Å². The van der Waals surface area contributed by atoms with Gasteiger partial charge in [0.25, 0.3) is 11.8 Å². The number of benzene rings is 2. The topological polar surface area (TPSA) is 168 Å². The van der Waals surface area contributed by atoms with E-state index in [1.807, 2.05) is 6.07 Å². The zero-order valence-corrected chi connectivity index (χ0v) is 25.5. The van der Waals surface area contributed by atoms with Crippen LogP contribution in [0.2, 0.25) is 0 Å². The fourth-order valence-electron chi connectivity index (χ4n) is 4.75. The number of imide groups is 2. The molecule has 4 rings (SSSR count). The Morgan fingerprint density at radius 3 is 1.91 bits per heavy atom. The van der Waals surface area contributed by atoms with Gasteiger partial charge in [-0.15, -0.1) is 0 Å². The zero-order chi connectivity index (χ0) is 32.6. The lowest BCUT2D eigenvalue weighted by Crippen LogP contribution is -2.54. The summed E-state index contributed by atoms with van der Waals surface area (Å²) in [6.45, 7) is 4.37. The third-order valence-electron chi connectivity index (χ3n) is 6.99. The number of anilines is 1. The van der Waals surface area contributed by atoms with Crippen LogP contribution in [-0.4, -0.2) is 120 Å². The molecule has 2 aromatic rings. The number of esters is 1. The van der Waals surface area contributed by atoms with Crippen molar-refractivity contribution >= 4 is 35.3 Å². The summed E-state index contributed by atoms with van der Waals surface area (Å²) in [5.41, 5.74) is 1.40. The molecule has 1 unspecified atom stereocenters. The normalized spacial score (nSPS) is 16.0. The van der Waals surface area contributed by atoms with Crippen LogP contribution >= 0.6 is 0 Å². The van der Waals surface area contributed by atoms with Crippen molar-refractivity contribution in [1.82, 2.24) is 10.2 Å². The zero-order valence-electron chi connectivity index (χ0n) is 25.5. The van der Waals surface area contributed by atoms with E-state index in [9.17, 15) is 24.0 Å². The number of amides is 4. The smallest absolute Gasteiger partial charge is 0.338 e. The summed E-state index contributed by atoms with van der Waals surface area (Å²) in [6.07, 6.45) is 0.166. The van der Waals surface area contributed by atoms with Crippen molar-refractivity contribution in [2.75, 3.05) is 84.5 Å².